The van der Waals surface area contributed by atoms with Crippen LogP contribution >= 0.6 is 0 Å². The monoisotopic (exact) mass is 159 g/mol. The minimum atomic E-state index is -1.65. The molecule has 0 aliphatic carbocycles. The molecule has 0 spiro atoms. The van der Waals surface area contributed by atoms with Crippen LogP contribution in [0.3, 0.4) is 0 Å². The number of ether oxygens (including phenoxy) is 1. The Kier molecular flexibility index (Phi) is 2.67. The molecule has 1 atom stereocenters. The summed E-state index contributed by atoms with van der Waals surface area (Å²) in [6.45, 7) is 9.73. The van der Waals surface area contributed by atoms with E-state index in [1.165, 1.54) is 6.92 Å². The second kappa shape index (κ2) is 2.81. The molecule has 0 amide bonds. The van der Waals surface area contributed by atoms with Gasteiger partial charge in [-0.15, -0.1) is 0 Å². The van der Waals surface area contributed by atoms with Crippen LogP contribution in [0.5, 0.6) is 0 Å². The van der Waals surface area contributed by atoms with Crippen LogP contribution in [0.2, 0.25) is 0 Å². The molecule has 0 aromatic rings. The van der Waals surface area contributed by atoms with E-state index in [9.17, 15) is 4.79 Å². The van der Waals surface area contributed by atoms with E-state index in [4.69, 9.17) is 9.84 Å². The maximum absolute atomic E-state index is 10.9. The molecule has 0 fully saturated rings. The topological polar surface area (TPSA) is 46.5 Å². The first-order chi connectivity index (χ1) is 4.63. The molecule has 0 rings (SSSR count). The van der Waals surface area contributed by atoms with Crippen LogP contribution in [-0.4, -0.2) is 22.3 Å². The molecule has 0 aromatic heterocycles. The van der Waals surface area contributed by atoms with Gasteiger partial charge in [-0.1, -0.05) is 0 Å². The van der Waals surface area contributed by atoms with Crippen molar-refractivity contribution < 1.29 is 14.6 Å². The molecular weight excluding hydrogens is 144 g/mol. The van der Waals surface area contributed by atoms with Gasteiger partial charge < -0.3 is 9.84 Å². The van der Waals surface area contributed by atoms with Crippen molar-refractivity contribution >= 4 is 5.97 Å². The fourth-order valence-electron chi connectivity index (χ4n) is 0.388. The number of aliphatic hydroxyl groups is 1. The van der Waals surface area contributed by atoms with Gasteiger partial charge in [-0.3, -0.25) is 0 Å². The first kappa shape index (κ1) is 10.4. The second-order valence-corrected chi connectivity index (χ2v) is 3.78. The summed E-state index contributed by atoms with van der Waals surface area (Å²) >= 11 is 0. The van der Waals surface area contributed by atoms with Gasteiger partial charge in [-0.2, -0.15) is 0 Å². The summed E-state index contributed by atoms with van der Waals surface area (Å²) in [7, 11) is 0. The van der Waals surface area contributed by atoms with Gasteiger partial charge in [-0.25, -0.2) is 4.79 Å². The Bertz CT molecular complexity index is 148. The summed E-state index contributed by atoms with van der Waals surface area (Å²) < 4.78 is 4.85. The van der Waals surface area contributed by atoms with Gasteiger partial charge in [0, 0.05) is 0 Å². The lowest BCUT2D eigenvalue weighted by Crippen LogP contribution is -2.38. The van der Waals surface area contributed by atoms with Gasteiger partial charge in [0.2, 0.25) is 0 Å². The van der Waals surface area contributed by atoms with Crippen LogP contribution in [0.25, 0.3) is 0 Å². The minimum absolute atomic E-state index is 0.571. The maximum Gasteiger partial charge on any atom is 0.338 e. The zero-order valence-corrected chi connectivity index (χ0v) is 7.47. The summed E-state index contributed by atoms with van der Waals surface area (Å²) in [4.78, 5) is 10.9. The van der Waals surface area contributed by atoms with Gasteiger partial charge in [0.05, 0.1) is 0 Å². The van der Waals surface area contributed by atoms with Gasteiger partial charge in [0.25, 0.3) is 0 Å². The lowest BCUT2D eigenvalue weighted by molar-refractivity contribution is -0.170. The van der Waals surface area contributed by atoms with Gasteiger partial charge in [-0.05, 0) is 34.6 Å². The highest BCUT2D eigenvalue weighted by molar-refractivity contribution is 5.79. The van der Waals surface area contributed by atoms with Crippen molar-refractivity contribution in [3.05, 3.63) is 6.92 Å². The average molecular weight is 159 g/mol. The molecule has 1 N–H and O–H groups in total. The van der Waals surface area contributed by atoms with E-state index in [1.54, 1.807) is 20.8 Å². The Balaban J connectivity index is 4.11. The minimum Gasteiger partial charge on any atom is -0.458 e. The average Bonchev–Trinajstić information content (AvgIpc) is 1.56. The van der Waals surface area contributed by atoms with E-state index >= 15 is 0 Å². The number of rotatable bonds is 1. The summed E-state index contributed by atoms with van der Waals surface area (Å²) in [5.74, 6) is -0.704. The standard InChI is InChI=1S/C8H15O3/c1-7(2,3)11-6(9)8(4,5)10/h10H,4H2,1-3,5H3/t8-/m0/s1. The van der Waals surface area contributed by atoms with Gasteiger partial charge in [0.15, 0.2) is 5.60 Å². The Morgan fingerprint density at radius 1 is 1.36 bits per heavy atom. The van der Waals surface area contributed by atoms with Gasteiger partial charge >= 0.3 is 5.97 Å². The molecular formula is C8H15O3. The van der Waals surface area contributed by atoms with Crippen LogP contribution in [-0.2, 0) is 9.53 Å². The zero-order valence-electron chi connectivity index (χ0n) is 7.47. The van der Waals surface area contributed by atoms with Crippen LogP contribution in [0, 0.1) is 6.92 Å². The Hall–Kier alpha value is -0.570. The van der Waals surface area contributed by atoms with Crippen LogP contribution < -0.4 is 0 Å². The number of carbonyl (C=O) groups excluding carboxylic acids is 1. The lowest BCUT2D eigenvalue weighted by atomic mass is 10.1. The smallest absolute Gasteiger partial charge is 0.338 e. The lowest BCUT2D eigenvalue weighted by Gasteiger charge is -2.24. The first-order valence-corrected chi connectivity index (χ1v) is 3.44. The van der Waals surface area contributed by atoms with Crippen molar-refractivity contribution in [2.24, 2.45) is 0 Å². The van der Waals surface area contributed by atoms with E-state index in [0.717, 1.165) is 0 Å². The van der Waals surface area contributed by atoms with Crippen LogP contribution in [0.4, 0.5) is 0 Å². The molecule has 0 unspecified atom stereocenters. The molecule has 0 aromatic carbocycles. The van der Waals surface area contributed by atoms with E-state index in [0.29, 0.717) is 0 Å². The predicted molar refractivity (Wildman–Crippen MR) is 41.8 cm³/mol. The Morgan fingerprint density at radius 3 is 1.82 bits per heavy atom. The van der Waals surface area contributed by atoms with Crippen molar-refractivity contribution in [1.82, 2.24) is 0 Å². The number of carbonyl (C=O) groups is 1. The van der Waals surface area contributed by atoms with Crippen molar-refractivity contribution in [1.29, 1.82) is 0 Å². The van der Waals surface area contributed by atoms with E-state index in [-0.39, 0.29) is 0 Å². The number of esters is 1. The molecule has 1 radical (unpaired) electrons. The molecule has 0 saturated carbocycles. The maximum atomic E-state index is 10.9. The van der Waals surface area contributed by atoms with Crippen LogP contribution in [0.15, 0.2) is 0 Å². The summed E-state index contributed by atoms with van der Waals surface area (Å²) in [6.07, 6.45) is 0. The Labute approximate surface area is 67.4 Å². The van der Waals surface area contributed by atoms with E-state index in [2.05, 4.69) is 6.92 Å². The van der Waals surface area contributed by atoms with E-state index in [1.807, 2.05) is 0 Å². The SMILES string of the molecule is [CH2][C@@](C)(O)C(=O)OC(C)(C)C. The zero-order chi connectivity index (χ0) is 9.28. The molecule has 11 heavy (non-hydrogen) atoms. The highest BCUT2D eigenvalue weighted by Crippen LogP contribution is 2.12. The van der Waals surface area contributed by atoms with Gasteiger partial charge in [0.1, 0.15) is 5.60 Å². The van der Waals surface area contributed by atoms with Crippen molar-refractivity contribution in [3.63, 3.8) is 0 Å². The molecule has 3 heteroatoms. The third-order valence-electron chi connectivity index (χ3n) is 0.839. The molecule has 0 aliphatic rings. The first-order valence-electron chi connectivity index (χ1n) is 3.44. The number of hydrogen-bond acceptors (Lipinski definition) is 3. The van der Waals surface area contributed by atoms with Crippen molar-refractivity contribution in [2.45, 2.75) is 38.9 Å². The third kappa shape index (κ3) is 4.79. The molecule has 0 saturated heterocycles. The number of hydrogen-bond donors (Lipinski definition) is 1. The second-order valence-electron chi connectivity index (χ2n) is 3.78. The normalized spacial score (nSPS) is 12.9. The van der Waals surface area contributed by atoms with E-state index < -0.39 is 17.2 Å². The Morgan fingerprint density at radius 2 is 1.73 bits per heavy atom. The van der Waals surface area contributed by atoms with Crippen molar-refractivity contribution in [3.8, 4) is 0 Å². The largest absolute Gasteiger partial charge is 0.458 e. The fraction of sp³-hybridized carbons (Fsp3) is 0.750. The highest BCUT2D eigenvalue weighted by Gasteiger charge is 2.29. The van der Waals surface area contributed by atoms with Crippen molar-refractivity contribution in [2.75, 3.05) is 0 Å². The highest BCUT2D eigenvalue weighted by atomic mass is 16.6. The summed E-state index contributed by atoms with van der Waals surface area (Å²) in [5, 5.41) is 9.06. The third-order valence-corrected chi connectivity index (χ3v) is 0.839. The quantitative estimate of drug-likeness (QED) is 0.578. The summed E-state index contributed by atoms with van der Waals surface area (Å²) in [5.41, 5.74) is -2.22. The molecule has 65 valence electrons. The molecule has 0 aliphatic heterocycles. The molecule has 0 heterocycles. The molecule has 0 bridgehead atoms. The summed E-state index contributed by atoms with van der Waals surface area (Å²) in [6, 6.07) is 0. The molecule has 3 nitrogen and oxygen atoms in total. The van der Waals surface area contributed by atoms with Crippen LogP contribution in [0.1, 0.15) is 27.7 Å². The fourth-order valence-corrected chi connectivity index (χ4v) is 0.388. The predicted octanol–water partition coefficient (Wildman–Crippen LogP) is 0.913.